The van der Waals surface area contributed by atoms with Crippen molar-refractivity contribution < 1.29 is 62.5 Å². The molecule has 0 amide bonds. The Kier molecular flexibility index (Phi) is 10.9. The molecule has 3 aromatic rings. The standard InChI is InChI=1S/C18H15O3PS.Au.ClH.Na/c19-23(20,21)18-13-7-12-17(14-18)22(15-8-3-1-4-9-15)16-10-5-2-6-11-16;;;/h1-14H,(H,19,20,21);;1H;/q;+1;;+1/p-1. The van der Waals surface area contributed by atoms with Crippen LogP contribution in [-0.4, -0.2) is 13.0 Å². The first-order valence-corrected chi connectivity index (χ1v) is 12.8. The van der Waals surface area contributed by atoms with Gasteiger partial charge in [0.1, 0.15) is 26.0 Å². The summed E-state index contributed by atoms with van der Waals surface area (Å²) in [5.41, 5.74) is 0. The van der Waals surface area contributed by atoms with Gasteiger partial charge in [-0.2, -0.15) is 0 Å². The molecule has 0 bridgehead atoms. The van der Waals surface area contributed by atoms with Gasteiger partial charge < -0.3 is 4.55 Å². The second kappa shape index (κ2) is 11.8. The number of hydrogen-bond acceptors (Lipinski definition) is 3. The van der Waals surface area contributed by atoms with Crippen LogP contribution in [-0.2, 0) is 30.1 Å². The van der Waals surface area contributed by atoms with E-state index >= 15 is 0 Å². The molecular formula is C18H15AuClNaO3PS+. The molecule has 0 aliphatic rings. The summed E-state index contributed by atoms with van der Waals surface area (Å²) in [7, 11) is -1.24. The zero-order valence-electron chi connectivity index (χ0n) is 13.9. The van der Waals surface area contributed by atoms with Gasteiger partial charge in [-0.1, -0.05) is 42.5 Å². The smallest absolute Gasteiger partial charge is 1.00 e. The third-order valence-electron chi connectivity index (χ3n) is 3.54. The summed E-state index contributed by atoms with van der Waals surface area (Å²) in [5, 5.41) is 3.16. The van der Waals surface area contributed by atoms with Crippen molar-refractivity contribution in [2.75, 3.05) is 0 Å². The molecule has 3 rings (SSSR count). The predicted octanol–water partition coefficient (Wildman–Crippen LogP) is -0.228. The molecular weight excluding hydrogens is 583 g/mol. The van der Waals surface area contributed by atoms with E-state index in [0.717, 1.165) is 15.9 Å². The van der Waals surface area contributed by atoms with E-state index in [0.29, 0.717) is 0 Å². The summed E-state index contributed by atoms with van der Waals surface area (Å²) >= 11 is 1.75. The van der Waals surface area contributed by atoms with Gasteiger partial charge in [0.25, 0.3) is 0 Å². The molecule has 3 aromatic carbocycles. The Morgan fingerprint density at radius 2 is 1.15 bits per heavy atom. The first-order valence-electron chi connectivity index (χ1n) is 7.21. The molecule has 3 nitrogen and oxygen atoms in total. The minimum atomic E-state index is -4.46. The molecule has 0 saturated carbocycles. The molecule has 0 fully saturated rings. The van der Waals surface area contributed by atoms with Gasteiger partial charge in [-0.05, 0) is 42.5 Å². The molecule has 0 N–H and O–H groups in total. The van der Waals surface area contributed by atoms with Crippen LogP contribution in [0.15, 0.2) is 89.8 Å². The number of rotatable bonds is 4. The average Bonchev–Trinajstić information content (AvgIpc) is 2.65. The van der Waals surface area contributed by atoms with Gasteiger partial charge in [0.15, 0.2) is 0 Å². The monoisotopic (exact) mass is 597 g/mol. The molecule has 26 heavy (non-hydrogen) atoms. The minimum absolute atomic E-state index is 0. The van der Waals surface area contributed by atoms with Gasteiger partial charge in [0.05, 0.1) is 12.8 Å². The Bertz CT molecular complexity index is 872. The molecule has 0 spiro atoms. The van der Waals surface area contributed by atoms with E-state index in [-0.39, 0.29) is 34.5 Å². The van der Waals surface area contributed by atoms with E-state index < -0.39 is 18.0 Å². The van der Waals surface area contributed by atoms with Crippen LogP contribution in [0.2, 0.25) is 0 Å². The van der Waals surface area contributed by atoms with Crippen molar-refractivity contribution in [1.29, 1.82) is 0 Å². The maximum absolute atomic E-state index is 11.3. The van der Waals surface area contributed by atoms with Crippen LogP contribution in [0.3, 0.4) is 0 Å². The zero-order chi connectivity index (χ0) is 18.3. The quantitative estimate of drug-likeness (QED) is 0.237. The van der Waals surface area contributed by atoms with E-state index in [4.69, 9.17) is 0 Å². The van der Waals surface area contributed by atoms with Crippen molar-refractivity contribution in [3.05, 3.63) is 84.9 Å². The summed E-state index contributed by atoms with van der Waals surface area (Å²) in [5.74, 6) is 0. The molecule has 0 unspecified atom stereocenters. The van der Waals surface area contributed by atoms with Crippen molar-refractivity contribution in [3.63, 3.8) is 0 Å². The Labute approximate surface area is 193 Å². The van der Waals surface area contributed by atoms with E-state index in [1.165, 1.54) is 12.1 Å². The molecule has 0 aliphatic carbocycles. The zero-order valence-corrected chi connectivity index (χ0v) is 20.6. The molecule has 134 valence electrons. The minimum Gasteiger partial charge on any atom is 1.00 e. The summed E-state index contributed by atoms with van der Waals surface area (Å²) in [6.45, 7) is 0. The van der Waals surface area contributed by atoms with Gasteiger partial charge in [0.2, 0.25) is 0 Å². The van der Waals surface area contributed by atoms with E-state index in [9.17, 15) is 13.0 Å². The van der Waals surface area contributed by atoms with Crippen LogP contribution in [0.5, 0.6) is 0 Å². The maximum atomic E-state index is 11.3. The summed E-state index contributed by atoms with van der Waals surface area (Å²) < 4.78 is 34.0. The van der Waals surface area contributed by atoms with Gasteiger partial charge in [-0.15, -0.1) is 0 Å². The summed E-state index contributed by atoms with van der Waals surface area (Å²) in [4.78, 5) is -0.177. The first kappa shape index (κ1) is 24.1. The van der Waals surface area contributed by atoms with Crippen LogP contribution < -0.4 is 45.5 Å². The molecule has 0 aromatic heterocycles. The van der Waals surface area contributed by atoms with Crippen LogP contribution in [0.25, 0.3) is 0 Å². The number of halogens is 1. The van der Waals surface area contributed by atoms with Gasteiger partial charge >= 0.3 is 58.7 Å². The topological polar surface area (TPSA) is 57.2 Å². The van der Waals surface area contributed by atoms with Crippen molar-refractivity contribution in [1.82, 2.24) is 0 Å². The second-order valence-corrected chi connectivity index (χ2v) is 8.95. The molecule has 0 radical (unpaired) electrons. The number of benzene rings is 3. The van der Waals surface area contributed by atoms with Gasteiger partial charge in [0, 0.05) is 0 Å². The van der Waals surface area contributed by atoms with E-state index in [2.05, 4.69) is 9.19 Å². The molecule has 0 atom stereocenters. The SMILES string of the molecule is O=S(=O)([O-])c1cccc([PH+](c2ccccc2)c2ccccc2)c1.[Cl][Au].[Na+]. The first-order chi connectivity index (χ1) is 12.1. The Balaban J connectivity index is 0.00000109. The van der Waals surface area contributed by atoms with Crippen LogP contribution in [0.1, 0.15) is 0 Å². The summed E-state index contributed by atoms with van der Waals surface area (Å²) in [6, 6.07) is 26.3. The van der Waals surface area contributed by atoms with Gasteiger partial charge in [-0.25, -0.2) is 8.42 Å². The normalized spacial score (nSPS) is 10.5. The van der Waals surface area contributed by atoms with E-state index in [1.807, 2.05) is 66.7 Å². The second-order valence-electron chi connectivity index (χ2n) is 5.09. The van der Waals surface area contributed by atoms with E-state index in [1.54, 1.807) is 26.1 Å². The molecule has 0 heterocycles. The predicted molar refractivity (Wildman–Crippen MR) is 100 cm³/mol. The third-order valence-corrected chi connectivity index (χ3v) is 7.08. The Hall–Kier alpha value is 0.0303. The maximum Gasteiger partial charge on any atom is 1.00 e. The summed E-state index contributed by atoms with van der Waals surface area (Å²) in [6.07, 6.45) is 0. The molecule has 0 saturated heterocycles. The Morgan fingerprint density at radius 3 is 1.58 bits per heavy atom. The number of hydrogen-bond donors (Lipinski definition) is 0. The fourth-order valence-corrected chi connectivity index (χ4v) is 5.75. The van der Waals surface area contributed by atoms with Crippen LogP contribution in [0, 0.1) is 0 Å². The largest absolute Gasteiger partial charge is 1.00 e. The molecule has 8 heteroatoms. The van der Waals surface area contributed by atoms with Gasteiger partial charge in [-0.3, -0.25) is 0 Å². The van der Waals surface area contributed by atoms with Crippen molar-refractivity contribution in [2.45, 2.75) is 4.90 Å². The Morgan fingerprint density at radius 1 is 0.731 bits per heavy atom. The average molecular weight is 598 g/mol. The third kappa shape index (κ3) is 6.57. The van der Waals surface area contributed by atoms with Crippen molar-refractivity contribution >= 4 is 43.1 Å². The molecule has 0 aliphatic heterocycles. The fraction of sp³-hybridized carbons (Fsp3) is 0. The fourth-order valence-electron chi connectivity index (χ4n) is 2.52. The van der Waals surface area contributed by atoms with Crippen molar-refractivity contribution in [2.24, 2.45) is 0 Å². The van der Waals surface area contributed by atoms with Crippen molar-refractivity contribution in [3.8, 4) is 0 Å². The van der Waals surface area contributed by atoms with Crippen LogP contribution in [0.4, 0.5) is 0 Å². The van der Waals surface area contributed by atoms with Crippen LogP contribution >= 0.6 is 17.1 Å².